The number of nitrogens with one attached hydrogen (secondary N) is 2. The number of hydrogen-bond donors (Lipinski definition) is 2. The normalized spacial score (nSPS) is 10.9. The highest BCUT2D eigenvalue weighted by atomic mass is 32.1. The summed E-state index contributed by atoms with van der Waals surface area (Å²) in [5.74, 6) is 0. The lowest BCUT2D eigenvalue weighted by atomic mass is 10.3. The van der Waals surface area contributed by atoms with Crippen molar-refractivity contribution in [1.82, 2.24) is 20.1 Å². The summed E-state index contributed by atoms with van der Waals surface area (Å²) in [4.78, 5) is 12.4. The predicted octanol–water partition coefficient (Wildman–Crippen LogP) is 1.30. The van der Waals surface area contributed by atoms with Crippen LogP contribution in [0.3, 0.4) is 0 Å². The number of nitrogens with zero attached hydrogens (tertiary/aromatic N) is 3. The van der Waals surface area contributed by atoms with Crippen molar-refractivity contribution in [3.05, 3.63) is 51.9 Å². The molecule has 22 heavy (non-hydrogen) atoms. The van der Waals surface area contributed by atoms with E-state index >= 15 is 0 Å². The molecule has 6 nitrogen and oxygen atoms in total. The molecule has 0 aliphatic carbocycles. The molecule has 7 heteroatoms. The first-order chi connectivity index (χ1) is 10.6. The number of aromatic nitrogens is 2. The predicted molar refractivity (Wildman–Crippen MR) is 92.8 cm³/mol. The Kier molecular flexibility index (Phi) is 5.11. The van der Waals surface area contributed by atoms with Crippen molar-refractivity contribution in [3.8, 4) is 5.69 Å². The van der Waals surface area contributed by atoms with Crippen molar-refractivity contribution in [2.45, 2.75) is 13.8 Å². The van der Waals surface area contributed by atoms with Crippen LogP contribution in [-0.4, -0.2) is 27.2 Å². The topological polar surface area (TPSA) is 63.4 Å². The molecule has 1 aromatic heterocycles. The first kappa shape index (κ1) is 16.0. The molecule has 116 valence electrons. The number of thiocarbonyl (C=S) groups is 1. The van der Waals surface area contributed by atoms with Gasteiger partial charge in [-0.25, -0.2) is 4.68 Å². The zero-order valence-electron chi connectivity index (χ0n) is 12.8. The highest BCUT2D eigenvalue weighted by Gasteiger charge is 2.13. The molecular formula is C15H19N5OS. The van der Waals surface area contributed by atoms with E-state index in [1.807, 2.05) is 44.3 Å². The van der Waals surface area contributed by atoms with Crippen LogP contribution in [0.5, 0.6) is 0 Å². The van der Waals surface area contributed by atoms with Crippen LogP contribution in [0, 0.1) is 6.92 Å². The maximum absolute atomic E-state index is 12.4. The number of benzene rings is 1. The Balaban J connectivity index is 2.33. The van der Waals surface area contributed by atoms with Crippen LogP contribution < -0.4 is 16.3 Å². The summed E-state index contributed by atoms with van der Waals surface area (Å²) >= 11 is 5.03. The third-order valence-corrected chi connectivity index (χ3v) is 3.47. The second kappa shape index (κ2) is 7.04. The summed E-state index contributed by atoms with van der Waals surface area (Å²) < 4.78 is 3.38. The van der Waals surface area contributed by atoms with Crippen molar-refractivity contribution in [1.29, 1.82) is 0 Å². The molecule has 0 aliphatic rings. The molecule has 2 aromatic rings. The summed E-state index contributed by atoms with van der Waals surface area (Å²) in [6, 6.07) is 9.49. The van der Waals surface area contributed by atoms with Gasteiger partial charge < -0.3 is 5.32 Å². The lowest BCUT2D eigenvalue weighted by Gasteiger charge is -2.08. The molecule has 0 fully saturated rings. The van der Waals surface area contributed by atoms with Crippen molar-refractivity contribution in [3.63, 3.8) is 0 Å². The maximum Gasteiger partial charge on any atom is 0.274 e. The molecule has 0 saturated carbocycles. The smallest absolute Gasteiger partial charge is 0.274 e. The van der Waals surface area contributed by atoms with E-state index in [1.54, 1.807) is 22.5 Å². The van der Waals surface area contributed by atoms with Gasteiger partial charge in [0.05, 0.1) is 17.6 Å². The Morgan fingerprint density at radius 2 is 2.05 bits per heavy atom. The Morgan fingerprint density at radius 1 is 1.36 bits per heavy atom. The Morgan fingerprint density at radius 3 is 2.68 bits per heavy atom. The van der Waals surface area contributed by atoms with Crippen molar-refractivity contribution >= 4 is 23.5 Å². The second-order valence-corrected chi connectivity index (χ2v) is 5.12. The van der Waals surface area contributed by atoms with Crippen molar-refractivity contribution in [2.24, 2.45) is 12.1 Å². The van der Waals surface area contributed by atoms with E-state index in [-0.39, 0.29) is 5.56 Å². The average Bonchev–Trinajstić information content (AvgIpc) is 2.72. The van der Waals surface area contributed by atoms with Gasteiger partial charge in [-0.1, -0.05) is 18.2 Å². The molecule has 0 unspecified atom stereocenters. The molecule has 0 amide bonds. The molecule has 1 aromatic carbocycles. The second-order valence-electron chi connectivity index (χ2n) is 4.72. The van der Waals surface area contributed by atoms with Gasteiger partial charge in [0, 0.05) is 19.2 Å². The number of hydrogen-bond acceptors (Lipinski definition) is 3. The van der Waals surface area contributed by atoms with Gasteiger partial charge >= 0.3 is 0 Å². The highest BCUT2D eigenvalue weighted by molar-refractivity contribution is 7.80. The van der Waals surface area contributed by atoms with Gasteiger partial charge in [0.2, 0.25) is 0 Å². The molecule has 0 atom stereocenters. The van der Waals surface area contributed by atoms with Crippen LogP contribution >= 0.6 is 12.2 Å². The lowest BCUT2D eigenvalue weighted by Crippen LogP contribution is -2.31. The molecule has 0 spiro atoms. The SMILES string of the molecule is CCNC(=S)N/N=C\c1c(C)c(=O)n(-c2ccccc2)n1C. The molecule has 1 heterocycles. The van der Waals surface area contributed by atoms with E-state index in [0.29, 0.717) is 10.7 Å². The van der Waals surface area contributed by atoms with Gasteiger partial charge in [0.1, 0.15) is 0 Å². The fourth-order valence-electron chi connectivity index (χ4n) is 2.15. The summed E-state index contributed by atoms with van der Waals surface area (Å²) in [5, 5.41) is 7.46. The van der Waals surface area contributed by atoms with Gasteiger partial charge in [-0.2, -0.15) is 5.10 Å². The van der Waals surface area contributed by atoms with Gasteiger partial charge in [-0.15, -0.1) is 0 Å². The summed E-state index contributed by atoms with van der Waals surface area (Å²) in [6.45, 7) is 4.46. The lowest BCUT2D eigenvalue weighted by molar-refractivity contribution is 0.642. The summed E-state index contributed by atoms with van der Waals surface area (Å²) in [5.41, 5.74) is 4.82. The Bertz CT molecular complexity index is 745. The Labute approximate surface area is 134 Å². The molecule has 0 saturated heterocycles. The van der Waals surface area contributed by atoms with Crippen LogP contribution in [0.2, 0.25) is 0 Å². The zero-order chi connectivity index (χ0) is 16.1. The first-order valence-corrected chi connectivity index (χ1v) is 7.38. The third-order valence-electron chi connectivity index (χ3n) is 3.24. The maximum atomic E-state index is 12.4. The molecule has 0 bridgehead atoms. The quantitative estimate of drug-likeness (QED) is 0.507. The van der Waals surface area contributed by atoms with E-state index < -0.39 is 0 Å². The van der Waals surface area contributed by atoms with Gasteiger partial charge in [0.25, 0.3) is 5.56 Å². The highest BCUT2D eigenvalue weighted by Crippen LogP contribution is 2.08. The minimum Gasteiger partial charge on any atom is -0.362 e. The van der Waals surface area contributed by atoms with Crippen LogP contribution in [0.4, 0.5) is 0 Å². The number of hydrazone groups is 1. The monoisotopic (exact) mass is 317 g/mol. The number of para-hydroxylation sites is 1. The first-order valence-electron chi connectivity index (χ1n) is 6.97. The van der Waals surface area contributed by atoms with E-state index in [9.17, 15) is 4.79 Å². The van der Waals surface area contributed by atoms with Crippen LogP contribution in [0.25, 0.3) is 5.69 Å². The fourth-order valence-corrected chi connectivity index (χ4v) is 2.34. The third kappa shape index (κ3) is 3.25. The zero-order valence-corrected chi connectivity index (χ0v) is 13.6. The molecule has 0 aliphatic heterocycles. The largest absolute Gasteiger partial charge is 0.362 e. The van der Waals surface area contributed by atoms with E-state index in [4.69, 9.17) is 12.2 Å². The van der Waals surface area contributed by atoms with Gasteiger partial charge in [-0.3, -0.25) is 14.9 Å². The van der Waals surface area contributed by atoms with E-state index in [0.717, 1.165) is 17.9 Å². The fraction of sp³-hybridized carbons (Fsp3) is 0.267. The summed E-state index contributed by atoms with van der Waals surface area (Å²) in [6.07, 6.45) is 1.60. The number of rotatable bonds is 4. The van der Waals surface area contributed by atoms with Crippen LogP contribution in [0.1, 0.15) is 18.2 Å². The summed E-state index contributed by atoms with van der Waals surface area (Å²) in [7, 11) is 1.82. The van der Waals surface area contributed by atoms with Crippen molar-refractivity contribution in [2.75, 3.05) is 6.54 Å². The standard InChI is InChI=1S/C15H19N5OS/c1-4-16-15(22)18-17-10-13-11(2)14(21)20(19(13)3)12-8-6-5-7-9-12/h5-10H,4H2,1-3H3,(H2,16,18,22)/b17-10-. The van der Waals surface area contributed by atoms with E-state index in [1.165, 1.54) is 0 Å². The molecular weight excluding hydrogens is 298 g/mol. The molecule has 0 radical (unpaired) electrons. The van der Waals surface area contributed by atoms with Crippen LogP contribution in [-0.2, 0) is 7.05 Å². The molecule has 2 N–H and O–H groups in total. The van der Waals surface area contributed by atoms with Gasteiger partial charge in [0.15, 0.2) is 5.11 Å². The van der Waals surface area contributed by atoms with E-state index in [2.05, 4.69) is 15.8 Å². The van der Waals surface area contributed by atoms with Crippen LogP contribution in [0.15, 0.2) is 40.2 Å². The average molecular weight is 317 g/mol. The minimum atomic E-state index is -0.0654. The van der Waals surface area contributed by atoms with Crippen molar-refractivity contribution < 1.29 is 0 Å². The molecule has 2 rings (SSSR count). The van der Waals surface area contributed by atoms with Gasteiger partial charge in [-0.05, 0) is 38.2 Å². The minimum absolute atomic E-state index is 0.0654. The Hall–Kier alpha value is -2.41.